The van der Waals surface area contributed by atoms with Crippen molar-refractivity contribution in [2.75, 3.05) is 5.32 Å². The fraction of sp³-hybridized carbons (Fsp3) is 0.250. The van der Waals surface area contributed by atoms with Crippen LogP contribution in [0.1, 0.15) is 18.4 Å². The maximum atomic E-state index is 8.63. The summed E-state index contributed by atoms with van der Waals surface area (Å²) in [5.74, 6) is 0. The van der Waals surface area contributed by atoms with E-state index in [1.807, 2.05) is 24.3 Å². The van der Waals surface area contributed by atoms with E-state index in [4.69, 9.17) is 5.26 Å². The van der Waals surface area contributed by atoms with Crippen molar-refractivity contribution in [3.63, 3.8) is 0 Å². The minimum absolute atomic E-state index is 0.461. The van der Waals surface area contributed by atoms with Gasteiger partial charge in [-0.15, -0.1) is 0 Å². The smallest absolute Gasteiger partial charge is 0.0991 e. The van der Waals surface area contributed by atoms with Gasteiger partial charge in [-0.25, -0.2) is 0 Å². The summed E-state index contributed by atoms with van der Waals surface area (Å²) in [5.41, 5.74) is 1.79. The lowest BCUT2D eigenvalue weighted by molar-refractivity contribution is 0.826. The highest BCUT2D eigenvalue weighted by Crippen LogP contribution is 2.16. The fourth-order valence-electron chi connectivity index (χ4n) is 1.61. The molecular formula is C12H12N2. The molecule has 70 valence electrons. The van der Waals surface area contributed by atoms with Gasteiger partial charge in [0.1, 0.15) is 0 Å². The molecule has 1 aromatic carbocycles. The number of hydrogen-bond acceptors (Lipinski definition) is 2. The van der Waals surface area contributed by atoms with Gasteiger partial charge < -0.3 is 5.32 Å². The molecule has 0 aromatic heterocycles. The summed E-state index contributed by atoms with van der Waals surface area (Å²) in [4.78, 5) is 0. The second-order valence-corrected chi connectivity index (χ2v) is 3.45. The Morgan fingerprint density at radius 2 is 2.07 bits per heavy atom. The standard InChI is InChI=1S/C12H12N2/c13-9-10-5-7-12(8-6-10)14-11-3-1-2-4-11/h1,3,5-8,11,14H,2,4H2/t11-/m0/s1. The molecule has 0 amide bonds. The summed E-state index contributed by atoms with van der Waals surface area (Å²) in [6, 6.07) is 10.1. The van der Waals surface area contributed by atoms with Crippen LogP contribution >= 0.6 is 0 Å². The minimum atomic E-state index is 0.461. The third-order valence-corrected chi connectivity index (χ3v) is 2.38. The monoisotopic (exact) mass is 184 g/mol. The van der Waals surface area contributed by atoms with Crippen LogP contribution in [0, 0.1) is 11.3 Å². The first-order chi connectivity index (χ1) is 6.88. The van der Waals surface area contributed by atoms with Crippen molar-refractivity contribution >= 4 is 5.69 Å². The zero-order valence-electron chi connectivity index (χ0n) is 7.90. The molecule has 0 saturated heterocycles. The average Bonchev–Trinajstić information content (AvgIpc) is 2.72. The Balaban J connectivity index is 2.03. The Morgan fingerprint density at radius 1 is 1.29 bits per heavy atom. The summed E-state index contributed by atoms with van der Waals surface area (Å²) in [6.45, 7) is 0. The van der Waals surface area contributed by atoms with Crippen molar-refractivity contribution in [1.82, 2.24) is 0 Å². The number of nitrogens with zero attached hydrogens (tertiary/aromatic N) is 1. The van der Waals surface area contributed by atoms with Crippen molar-refractivity contribution in [1.29, 1.82) is 5.26 Å². The molecule has 0 bridgehead atoms. The van der Waals surface area contributed by atoms with Crippen molar-refractivity contribution in [2.24, 2.45) is 0 Å². The molecular weight excluding hydrogens is 172 g/mol. The van der Waals surface area contributed by atoms with Gasteiger partial charge in [-0.2, -0.15) is 5.26 Å². The van der Waals surface area contributed by atoms with Crippen LogP contribution < -0.4 is 5.32 Å². The molecule has 1 atom stereocenters. The van der Waals surface area contributed by atoms with E-state index in [0.29, 0.717) is 11.6 Å². The first-order valence-corrected chi connectivity index (χ1v) is 4.82. The van der Waals surface area contributed by atoms with Gasteiger partial charge in [-0.3, -0.25) is 0 Å². The molecule has 1 N–H and O–H groups in total. The second-order valence-electron chi connectivity index (χ2n) is 3.45. The quantitative estimate of drug-likeness (QED) is 0.717. The Labute approximate surface area is 83.9 Å². The van der Waals surface area contributed by atoms with E-state index in [1.54, 1.807) is 0 Å². The number of nitrogens with one attached hydrogen (secondary N) is 1. The van der Waals surface area contributed by atoms with Crippen molar-refractivity contribution in [2.45, 2.75) is 18.9 Å². The summed E-state index contributed by atoms with van der Waals surface area (Å²) < 4.78 is 0. The average molecular weight is 184 g/mol. The van der Waals surface area contributed by atoms with Gasteiger partial charge >= 0.3 is 0 Å². The van der Waals surface area contributed by atoms with Gasteiger partial charge in [0.25, 0.3) is 0 Å². The first-order valence-electron chi connectivity index (χ1n) is 4.82. The Hall–Kier alpha value is -1.75. The van der Waals surface area contributed by atoms with E-state index in [0.717, 1.165) is 12.1 Å². The molecule has 0 unspecified atom stereocenters. The van der Waals surface area contributed by atoms with Crippen LogP contribution in [0.15, 0.2) is 36.4 Å². The highest BCUT2D eigenvalue weighted by atomic mass is 14.9. The lowest BCUT2D eigenvalue weighted by Gasteiger charge is -2.11. The molecule has 0 radical (unpaired) electrons. The van der Waals surface area contributed by atoms with Crippen LogP contribution in [0.25, 0.3) is 0 Å². The van der Waals surface area contributed by atoms with Crippen LogP contribution in [0.3, 0.4) is 0 Å². The SMILES string of the molecule is N#Cc1ccc(N[C@H]2C=CCC2)cc1. The predicted octanol–water partition coefficient (Wildman–Crippen LogP) is 2.69. The Kier molecular flexibility index (Phi) is 2.51. The summed E-state index contributed by atoms with van der Waals surface area (Å²) >= 11 is 0. The maximum Gasteiger partial charge on any atom is 0.0991 e. The third kappa shape index (κ3) is 1.94. The molecule has 0 saturated carbocycles. The van der Waals surface area contributed by atoms with E-state index >= 15 is 0 Å². The molecule has 2 heteroatoms. The van der Waals surface area contributed by atoms with E-state index in [-0.39, 0.29) is 0 Å². The summed E-state index contributed by atoms with van der Waals surface area (Å²) in [5, 5.41) is 12.0. The number of anilines is 1. The largest absolute Gasteiger partial charge is 0.379 e. The molecule has 14 heavy (non-hydrogen) atoms. The van der Waals surface area contributed by atoms with E-state index in [2.05, 4.69) is 23.5 Å². The highest BCUT2D eigenvalue weighted by Gasteiger charge is 2.07. The minimum Gasteiger partial charge on any atom is -0.379 e. The van der Waals surface area contributed by atoms with E-state index in [9.17, 15) is 0 Å². The predicted molar refractivity (Wildman–Crippen MR) is 56.9 cm³/mol. The van der Waals surface area contributed by atoms with E-state index in [1.165, 1.54) is 6.42 Å². The van der Waals surface area contributed by atoms with Crippen LogP contribution in [0.5, 0.6) is 0 Å². The van der Waals surface area contributed by atoms with Crippen LogP contribution in [0.2, 0.25) is 0 Å². The lowest BCUT2D eigenvalue weighted by Crippen LogP contribution is -2.13. The summed E-state index contributed by atoms with van der Waals surface area (Å²) in [6.07, 6.45) is 6.72. The molecule has 1 aliphatic carbocycles. The van der Waals surface area contributed by atoms with E-state index < -0.39 is 0 Å². The molecule has 2 nitrogen and oxygen atoms in total. The van der Waals surface area contributed by atoms with Gasteiger partial charge in [0.2, 0.25) is 0 Å². The molecule has 0 spiro atoms. The first kappa shape index (κ1) is 8.83. The lowest BCUT2D eigenvalue weighted by atomic mass is 10.2. The zero-order valence-corrected chi connectivity index (χ0v) is 7.90. The Morgan fingerprint density at radius 3 is 2.64 bits per heavy atom. The van der Waals surface area contributed by atoms with Crippen LogP contribution in [-0.2, 0) is 0 Å². The second kappa shape index (κ2) is 3.97. The van der Waals surface area contributed by atoms with Crippen molar-refractivity contribution in [3.05, 3.63) is 42.0 Å². The van der Waals surface area contributed by atoms with Gasteiger partial charge in [0.15, 0.2) is 0 Å². The van der Waals surface area contributed by atoms with Crippen molar-refractivity contribution in [3.8, 4) is 6.07 Å². The molecule has 1 aliphatic rings. The molecule has 0 fully saturated rings. The van der Waals surface area contributed by atoms with Crippen LogP contribution in [-0.4, -0.2) is 6.04 Å². The maximum absolute atomic E-state index is 8.63. The number of nitriles is 1. The topological polar surface area (TPSA) is 35.8 Å². The molecule has 0 aliphatic heterocycles. The van der Waals surface area contributed by atoms with Crippen LogP contribution in [0.4, 0.5) is 5.69 Å². The molecule has 1 aromatic rings. The number of allylic oxidation sites excluding steroid dienone is 1. The fourth-order valence-corrected chi connectivity index (χ4v) is 1.61. The van der Waals surface area contributed by atoms with Gasteiger partial charge in [0.05, 0.1) is 11.6 Å². The normalized spacial score (nSPS) is 19.2. The highest BCUT2D eigenvalue weighted by molar-refractivity contribution is 5.48. The zero-order chi connectivity index (χ0) is 9.80. The number of benzene rings is 1. The van der Waals surface area contributed by atoms with Gasteiger partial charge in [-0.1, -0.05) is 12.2 Å². The van der Waals surface area contributed by atoms with Gasteiger partial charge in [-0.05, 0) is 37.1 Å². The Bertz CT molecular complexity index is 370. The number of hydrogen-bond donors (Lipinski definition) is 1. The third-order valence-electron chi connectivity index (χ3n) is 2.38. The van der Waals surface area contributed by atoms with Gasteiger partial charge in [0, 0.05) is 11.7 Å². The summed E-state index contributed by atoms with van der Waals surface area (Å²) in [7, 11) is 0. The molecule has 0 heterocycles. The van der Waals surface area contributed by atoms with Crippen molar-refractivity contribution < 1.29 is 0 Å². The molecule has 2 rings (SSSR count). The number of rotatable bonds is 2.